The van der Waals surface area contributed by atoms with Crippen molar-refractivity contribution in [2.45, 2.75) is 160 Å². The van der Waals surface area contributed by atoms with E-state index in [1.165, 1.54) is 10.9 Å². The standard InChI is InChI=1S/C40H58N2O4/c1-37(2)21-29(22-38(3,4)41-37)45-35(43)28-16-14-25-19-27(15-13-26(25)20-28)31-17-18-34(33-12-10-9-11-32(31)33)36(44)46-30-23-39(5,6)42-40(7,8)24-30/h9-12,17-18,25-30,41-42H,13-16,19-24H2,1-8H3. The normalized spacial score (nSPS) is 30.7. The third kappa shape index (κ3) is 7.49. The van der Waals surface area contributed by atoms with Crippen LogP contribution in [0.3, 0.4) is 0 Å². The molecule has 2 aliphatic heterocycles. The summed E-state index contributed by atoms with van der Waals surface area (Å²) in [5, 5.41) is 9.55. The van der Waals surface area contributed by atoms with Crippen LogP contribution in [-0.4, -0.2) is 46.3 Å². The molecule has 2 aromatic carbocycles. The SMILES string of the molecule is CC1(C)CC(OC(=O)c2ccc(C3CCC4CC(C(=O)OC5CC(C)(C)NC(C)(C)C5)CCC4C3)c3ccccc23)CC(C)(C)N1. The number of hydrogen-bond donors (Lipinski definition) is 2. The zero-order chi connectivity index (χ0) is 33.1. The van der Waals surface area contributed by atoms with Crippen molar-refractivity contribution < 1.29 is 19.1 Å². The topological polar surface area (TPSA) is 76.7 Å². The molecule has 2 N–H and O–H groups in total. The summed E-state index contributed by atoms with van der Waals surface area (Å²) in [5.74, 6) is 1.53. The molecule has 6 heteroatoms. The molecule has 46 heavy (non-hydrogen) atoms. The number of fused-ring (bicyclic) bond motifs is 2. The molecular formula is C40H58N2O4. The van der Waals surface area contributed by atoms with Crippen LogP contribution in [0, 0.1) is 17.8 Å². The van der Waals surface area contributed by atoms with Gasteiger partial charge in [0.05, 0.1) is 11.5 Å². The van der Waals surface area contributed by atoms with Crippen molar-refractivity contribution in [2.24, 2.45) is 17.8 Å². The van der Waals surface area contributed by atoms with Gasteiger partial charge in [-0.2, -0.15) is 0 Å². The summed E-state index contributed by atoms with van der Waals surface area (Å²) in [6, 6.07) is 12.6. The molecular weight excluding hydrogens is 572 g/mol. The van der Waals surface area contributed by atoms with Gasteiger partial charge in [-0.25, -0.2) is 4.79 Å². The molecule has 4 atom stereocenters. The van der Waals surface area contributed by atoms with Crippen molar-refractivity contribution in [2.75, 3.05) is 0 Å². The molecule has 2 saturated carbocycles. The fourth-order valence-electron chi connectivity index (χ4n) is 10.3. The van der Waals surface area contributed by atoms with Crippen LogP contribution >= 0.6 is 0 Å². The molecule has 0 bridgehead atoms. The van der Waals surface area contributed by atoms with E-state index < -0.39 is 0 Å². The smallest absolute Gasteiger partial charge is 0.339 e. The molecule has 2 saturated heterocycles. The average molecular weight is 631 g/mol. The van der Waals surface area contributed by atoms with Crippen LogP contribution < -0.4 is 10.6 Å². The van der Waals surface area contributed by atoms with Gasteiger partial charge in [-0.1, -0.05) is 30.3 Å². The van der Waals surface area contributed by atoms with Crippen LogP contribution in [0.4, 0.5) is 0 Å². The van der Waals surface area contributed by atoms with E-state index in [1.807, 2.05) is 12.1 Å². The van der Waals surface area contributed by atoms with Gasteiger partial charge in [0.25, 0.3) is 0 Å². The summed E-state index contributed by atoms with van der Waals surface area (Å²) < 4.78 is 12.4. The van der Waals surface area contributed by atoms with Gasteiger partial charge in [-0.15, -0.1) is 0 Å². The summed E-state index contributed by atoms with van der Waals surface area (Å²) in [5.41, 5.74) is 1.78. The first kappa shape index (κ1) is 33.5. The molecule has 4 aliphatic rings. The number of carbonyl (C=O) groups excluding carboxylic acids is 2. The Kier molecular flexibility index (Phi) is 8.89. The maximum atomic E-state index is 13.6. The van der Waals surface area contributed by atoms with E-state index in [4.69, 9.17) is 9.47 Å². The Morgan fingerprint density at radius 2 is 1.15 bits per heavy atom. The van der Waals surface area contributed by atoms with Crippen LogP contribution in [-0.2, 0) is 14.3 Å². The first-order chi connectivity index (χ1) is 21.5. The lowest BCUT2D eigenvalue weighted by Crippen LogP contribution is -2.59. The Balaban J connectivity index is 1.10. The molecule has 6 nitrogen and oxygen atoms in total. The Labute approximate surface area is 277 Å². The van der Waals surface area contributed by atoms with Crippen molar-refractivity contribution in [3.8, 4) is 0 Å². The number of benzene rings is 2. The van der Waals surface area contributed by atoms with Crippen LogP contribution in [0.25, 0.3) is 10.8 Å². The second-order valence-corrected chi connectivity index (χ2v) is 18.0. The van der Waals surface area contributed by atoms with E-state index in [9.17, 15) is 9.59 Å². The zero-order valence-electron chi connectivity index (χ0n) is 29.6. The van der Waals surface area contributed by atoms with Gasteiger partial charge < -0.3 is 20.1 Å². The van der Waals surface area contributed by atoms with Gasteiger partial charge in [0, 0.05) is 47.8 Å². The maximum absolute atomic E-state index is 13.6. The van der Waals surface area contributed by atoms with Crippen molar-refractivity contribution in [1.82, 2.24) is 10.6 Å². The van der Waals surface area contributed by atoms with Crippen molar-refractivity contribution in [3.05, 3.63) is 47.5 Å². The lowest BCUT2D eigenvalue weighted by molar-refractivity contribution is -0.160. The first-order valence-electron chi connectivity index (χ1n) is 18.0. The maximum Gasteiger partial charge on any atom is 0.339 e. The highest BCUT2D eigenvalue weighted by Gasteiger charge is 2.43. The number of rotatable bonds is 5. The molecule has 2 heterocycles. The fourth-order valence-corrected chi connectivity index (χ4v) is 10.3. The van der Waals surface area contributed by atoms with Crippen LogP contribution in [0.1, 0.15) is 141 Å². The molecule has 4 unspecified atom stereocenters. The van der Waals surface area contributed by atoms with E-state index in [0.717, 1.165) is 69.6 Å². The Hall–Kier alpha value is -2.44. The average Bonchev–Trinajstić information content (AvgIpc) is 2.92. The first-order valence-corrected chi connectivity index (χ1v) is 18.0. The number of carbonyl (C=O) groups is 2. The summed E-state index contributed by atoms with van der Waals surface area (Å²) >= 11 is 0. The second kappa shape index (κ2) is 12.2. The Bertz CT molecular complexity index is 1430. The minimum absolute atomic E-state index is 0.0147. The molecule has 4 fully saturated rings. The van der Waals surface area contributed by atoms with Crippen LogP contribution in [0.5, 0.6) is 0 Å². The number of esters is 2. The highest BCUT2D eigenvalue weighted by molar-refractivity contribution is 6.05. The van der Waals surface area contributed by atoms with Gasteiger partial charge in [-0.3, -0.25) is 4.79 Å². The minimum atomic E-state index is -0.216. The predicted octanol–water partition coefficient (Wildman–Crippen LogP) is 8.46. The van der Waals surface area contributed by atoms with E-state index in [0.29, 0.717) is 23.3 Å². The Morgan fingerprint density at radius 3 is 1.76 bits per heavy atom. The van der Waals surface area contributed by atoms with Gasteiger partial charge >= 0.3 is 11.9 Å². The van der Waals surface area contributed by atoms with Crippen LogP contribution in [0.2, 0.25) is 0 Å². The highest BCUT2D eigenvalue weighted by Crippen LogP contribution is 2.49. The van der Waals surface area contributed by atoms with Crippen molar-refractivity contribution >= 4 is 22.7 Å². The largest absolute Gasteiger partial charge is 0.462 e. The summed E-state index contributed by atoms with van der Waals surface area (Å²) in [6.07, 6.45) is 9.60. The monoisotopic (exact) mass is 630 g/mol. The van der Waals surface area contributed by atoms with Gasteiger partial charge in [0.15, 0.2) is 0 Å². The van der Waals surface area contributed by atoms with Gasteiger partial charge in [-0.05, 0) is 134 Å². The third-order valence-corrected chi connectivity index (χ3v) is 11.4. The molecule has 0 radical (unpaired) electrons. The lowest BCUT2D eigenvalue weighted by Gasteiger charge is -2.46. The van der Waals surface area contributed by atoms with Gasteiger partial charge in [0.1, 0.15) is 12.2 Å². The quantitative estimate of drug-likeness (QED) is 0.323. The molecule has 6 rings (SSSR count). The molecule has 0 spiro atoms. The van der Waals surface area contributed by atoms with Crippen molar-refractivity contribution in [3.63, 3.8) is 0 Å². The predicted molar refractivity (Wildman–Crippen MR) is 185 cm³/mol. The number of ether oxygens (including phenoxy) is 2. The van der Waals surface area contributed by atoms with Crippen molar-refractivity contribution in [1.29, 1.82) is 0 Å². The second-order valence-electron chi connectivity index (χ2n) is 18.0. The summed E-state index contributed by atoms with van der Waals surface area (Å²) in [4.78, 5) is 27.0. The number of nitrogens with one attached hydrogen (secondary N) is 2. The molecule has 2 aliphatic carbocycles. The van der Waals surface area contributed by atoms with E-state index in [1.54, 1.807) is 0 Å². The molecule has 252 valence electrons. The molecule has 0 amide bonds. The molecule has 0 aromatic heterocycles. The number of hydrogen-bond acceptors (Lipinski definition) is 6. The highest BCUT2D eigenvalue weighted by atomic mass is 16.5. The minimum Gasteiger partial charge on any atom is -0.462 e. The lowest BCUT2D eigenvalue weighted by atomic mass is 9.63. The zero-order valence-corrected chi connectivity index (χ0v) is 29.6. The Morgan fingerprint density at radius 1 is 0.630 bits per heavy atom. The molecule has 2 aromatic rings. The third-order valence-electron chi connectivity index (χ3n) is 11.4. The summed E-state index contributed by atoms with van der Waals surface area (Å²) in [6.45, 7) is 17.6. The van der Waals surface area contributed by atoms with Gasteiger partial charge in [0.2, 0.25) is 0 Å². The number of piperidine rings is 2. The van der Waals surface area contributed by atoms with Crippen LogP contribution in [0.15, 0.2) is 36.4 Å². The van der Waals surface area contributed by atoms with E-state index in [2.05, 4.69) is 90.3 Å². The summed E-state index contributed by atoms with van der Waals surface area (Å²) in [7, 11) is 0. The fraction of sp³-hybridized carbons (Fsp3) is 0.700. The van der Waals surface area contributed by atoms with E-state index >= 15 is 0 Å². The van der Waals surface area contributed by atoms with E-state index in [-0.39, 0.29) is 52.2 Å².